The molecule has 5 nitrogen and oxygen atoms in total. The van der Waals surface area contributed by atoms with E-state index in [1.165, 1.54) is 5.56 Å². The number of nitrogens with zero attached hydrogens (tertiary/aromatic N) is 1. The van der Waals surface area contributed by atoms with Gasteiger partial charge in [-0.1, -0.05) is 58.0 Å². The molecule has 1 aromatic carbocycles. The Morgan fingerprint density at radius 3 is 2.41 bits per heavy atom. The predicted molar refractivity (Wildman–Crippen MR) is 111 cm³/mol. The highest BCUT2D eigenvalue weighted by Crippen LogP contribution is 2.49. The van der Waals surface area contributed by atoms with Crippen LogP contribution in [0.4, 0.5) is 0 Å². The Labute approximate surface area is 164 Å². The van der Waals surface area contributed by atoms with E-state index in [-0.39, 0.29) is 23.5 Å². The Balaban J connectivity index is 2.02. The quantitative estimate of drug-likeness (QED) is 0.660. The highest BCUT2D eigenvalue weighted by Gasteiger charge is 2.62. The lowest BCUT2D eigenvalue weighted by Gasteiger charge is -2.57. The molecule has 27 heavy (non-hydrogen) atoms. The second-order valence-electron chi connectivity index (χ2n) is 8.12. The SMILES string of the molecule is CCOC1CC(N)(C(=O)NCC(Cc2ccccc2)N(CC)CC)C1(C)C. The van der Waals surface area contributed by atoms with Gasteiger partial charge in [-0.3, -0.25) is 9.69 Å². The second-order valence-corrected chi connectivity index (χ2v) is 8.12. The Hall–Kier alpha value is -1.43. The molecule has 1 aromatic rings. The molecule has 3 unspecified atom stereocenters. The van der Waals surface area contributed by atoms with Gasteiger partial charge in [-0.05, 0) is 32.0 Å². The van der Waals surface area contributed by atoms with Gasteiger partial charge < -0.3 is 15.8 Å². The molecule has 2 rings (SSSR count). The number of benzene rings is 1. The topological polar surface area (TPSA) is 67.6 Å². The van der Waals surface area contributed by atoms with Gasteiger partial charge >= 0.3 is 0 Å². The summed E-state index contributed by atoms with van der Waals surface area (Å²) in [6.45, 7) is 13.5. The van der Waals surface area contributed by atoms with Crippen molar-refractivity contribution in [3.05, 3.63) is 35.9 Å². The zero-order valence-electron chi connectivity index (χ0n) is 17.6. The molecule has 1 aliphatic carbocycles. The van der Waals surface area contributed by atoms with Gasteiger partial charge in [-0.15, -0.1) is 0 Å². The van der Waals surface area contributed by atoms with E-state index in [9.17, 15) is 4.79 Å². The van der Waals surface area contributed by atoms with Crippen LogP contribution < -0.4 is 11.1 Å². The monoisotopic (exact) mass is 375 g/mol. The minimum Gasteiger partial charge on any atom is -0.378 e. The zero-order valence-corrected chi connectivity index (χ0v) is 17.6. The van der Waals surface area contributed by atoms with Gasteiger partial charge in [0.2, 0.25) is 5.91 Å². The molecular weight excluding hydrogens is 338 g/mol. The zero-order chi connectivity index (χ0) is 20.1. The van der Waals surface area contributed by atoms with Crippen molar-refractivity contribution in [1.29, 1.82) is 0 Å². The summed E-state index contributed by atoms with van der Waals surface area (Å²) in [5.41, 5.74) is 6.57. The van der Waals surface area contributed by atoms with Crippen molar-refractivity contribution in [1.82, 2.24) is 10.2 Å². The maximum Gasteiger partial charge on any atom is 0.240 e. The molecule has 3 atom stereocenters. The summed E-state index contributed by atoms with van der Waals surface area (Å²) in [5.74, 6) is -0.0614. The first-order valence-electron chi connectivity index (χ1n) is 10.3. The summed E-state index contributed by atoms with van der Waals surface area (Å²) in [5, 5.41) is 3.15. The van der Waals surface area contributed by atoms with E-state index >= 15 is 0 Å². The standard InChI is InChI=1S/C22H37N3O2/c1-6-25(7-2)18(14-17-12-10-9-11-13-17)16-24-20(26)22(23)15-19(27-8-3)21(22,4)5/h9-13,18-19H,6-8,14-16,23H2,1-5H3,(H,24,26). The number of amides is 1. The number of likely N-dealkylation sites (N-methyl/N-ethyl adjacent to an activating group) is 1. The highest BCUT2D eigenvalue weighted by molar-refractivity contribution is 5.88. The summed E-state index contributed by atoms with van der Waals surface area (Å²) in [6.07, 6.45) is 1.53. The molecule has 0 saturated heterocycles. The largest absolute Gasteiger partial charge is 0.378 e. The van der Waals surface area contributed by atoms with E-state index in [4.69, 9.17) is 10.5 Å². The Morgan fingerprint density at radius 2 is 1.89 bits per heavy atom. The van der Waals surface area contributed by atoms with Gasteiger partial charge in [0.15, 0.2) is 0 Å². The lowest BCUT2D eigenvalue weighted by Crippen LogP contribution is -2.76. The molecular formula is C22H37N3O2. The smallest absolute Gasteiger partial charge is 0.240 e. The number of ether oxygens (including phenoxy) is 1. The van der Waals surface area contributed by atoms with Crippen LogP contribution in [0.1, 0.15) is 46.6 Å². The van der Waals surface area contributed by atoms with Gasteiger partial charge in [0, 0.05) is 31.0 Å². The molecule has 1 aliphatic rings. The number of carbonyl (C=O) groups excluding carboxylic acids is 1. The predicted octanol–water partition coefficient (Wildman–Crippen LogP) is 2.59. The number of carbonyl (C=O) groups is 1. The number of hydrogen-bond donors (Lipinski definition) is 2. The summed E-state index contributed by atoms with van der Waals surface area (Å²) in [6, 6.07) is 10.7. The molecule has 3 N–H and O–H groups in total. The van der Waals surface area contributed by atoms with Crippen LogP contribution in [0.2, 0.25) is 0 Å². The van der Waals surface area contributed by atoms with E-state index in [1.54, 1.807) is 0 Å². The van der Waals surface area contributed by atoms with Crippen molar-refractivity contribution in [2.24, 2.45) is 11.1 Å². The van der Waals surface area contributed by atoms with Gasteiger partial charge in [0.1, 0.15) is 5.54 Å². The van der Waals surface area contributed by atoms with Gasteiger partial charge in [-0.2, -0.15) is 0 Å². The van der Waals surface area contributed by atoms with Gasteiger partial charge in [0.05, 0.1) is 6.10 Å². The fourth-order valence-corrected chi connectivity index (χ4v) is 4.15. The third-order valence-electron chi connectivity index (χ3n) is 6.38. The molecule has 152 valence electrons. The second kappa shape index (κ2) is 9.18. The fraction of sp³-hybridized carbons (Fsp3) is 0.682. The van der Waals surface area contributed by atoms with Crippen LogP contribution >= 0.6 is 0 Å². The maximum absolute atomic E-state index is 13.0. The molecule has 0 spiro atoms. The van der Waals surface area contributed by atoms with Crippen LogP contribution in [0.15, 0.2) is 30.3 Å². The van der Waals surface area contributed by atoms with Crippen molar-refractivity contribution in [2.75, 3.05) is 26.2 Å². The molecule has 1 saturated carbocycles. The first-order valence-corrected chi connectivity index (χ1v) is 10.3. The first kappa shape index (κ1) is 21.9. The van der Waals surface area contributed by atoms with Gasteiger partial charge in [-0.25, -0.2) is 0 Å². The highest BCUT2D eigenvalue weighted by atomic mass is 16.5. The van der Waals surface area contributed by atoms with Crippen molar-refractivity contribution in [2.45, 2.75) is 65.1 Å². The summed E-state index contributed by atoms with van der Waals surface area (Å²) < 4.78 is 5.75. The fourth-order valence-electron chi connectivity index (χ4n) is 4.15. The third kappa shape index (κ3) is 4.53. The van der Waals surface area contributed by atoms with E-state index < -0.39 is 5.54 Å². The van der Waals surface area contributed by atoms with Crippen LogP contribution in [-0.2, 0) is 16.0 Å². The van der Waals surface area contributed by atoms with Crippen LogP contribution in [0.5, 0.6) is 0 Å². The number of rotatable bonds is 10. The lowest BCUT2D eigenvalue weighted by atomic mass is 9.54. The summed E-state index contributed by atoms with van der Waals surface area (Å²) >= 11 is 0. The first-order chi connectivity index (χ1) is 12.8. The van der Waals surface area contributed by atoms with Gasteiger partial charge in [0.25, 0.3) is 0 Å². The maximum atomic E-state index is 13.0. The van der Waals surface area contributed by atoms with E-state index in [2.05, 4.69) is 48.3 Å². The Bertz CT molecular complexity index is 601. The summed E-state index contributed by atoms with van der Waals surface area (Å²) in [7, 11) is 0. The minimum absolute atomic E-state index is 0.0427. The van der Waals surface area contributed by atoms with E-state index in [0.29, 0.717) is 19.6 Å². The minimum atomic E-state index is -0.868. The van der Waals surface area contributed by atoms with E-state index in [1.807, 2.05) is 26.8 Å². The normalized spacial score (nSPS) is 25.1. The van der Waals surface area contributed by atoms with E-state index in [0.717, 1.165) is 19.5 Å². The third-order valence-corrected chi connectivity index (χ3v) is 6.38. The van der Waals surface area contributed by atoms with Crippen LogP contribution in [0, 0.1) is 5.41 Å². The molecule has 0 aromatic heterocycles. The van der Waals surface area contributed by atoms with Crippen molar-refractivity contribution in [3.8, 4) is 0 Å². The lowest BCUT2D eigenvalue weighted by molar-refractivity contribution is -0.170. The average molecular weight is 376 g/mol. The molecule has 5 heteroatoms. The molecule has 0 aliphatic heterocycles. The van der Waals surface area contributed by atoms with Crippen molar-refractivity contribution in [3.63, 3.8) is 0 Å². The van der Waals surface area contributed by atoms with Crippen molar-refractivity contribution < 1.29 is 9.53 Å². The molecule has 0 radical (unpaired) electrons. The molecule has 0 bridgehead atoms. The molecule has 1 fully saturated rings. The number of nitrogens with two attached hydrogens (primary N) is 1. The average Bonchev–Trinajstić information content (AvgIpc) is 2.67. The number of nitrogens with one attached hydrogen (secondary N) is 1. The Morgan fingerprint density at radius 1 is 1.26 bits per heavy atom. The molecule has 1 amide bonds. The van der Waals surface area contributed by atoms with Crippen molar-refractivity contribution >= 4 is 5.91 Å². The number of hydrogen-bond acceptors (Lipinski definition) is 4. The van der Waals surface area contributed by atoms with Crippen LogP contribution in [0.3, 0.4) is 0 Å². The molecule has 0 heterocycles. The van der Waals surface area contributed by atoms with Crippen LogP contribution in [0.25, 0.3) is 0 Å². The van der Waals surface area contributed by atoms with Crippen LogP contribution in [-0.4, -0.2) is 54.7 Å². The Kier molecular flexibility index (Phi) is 7.43. The summed E-state index contributed by atoms with van der Waals surface area (Å²) in [4.78, 5) is 15.4.